The lowest BCUT2D eigenvalue weighted by Gasteiger charge is -2.18. The van der Waals surface area contributed by atoms with Gasteiger partial charge in [-0.25, -0.2) is 18.2 Å². The lowest BCUT2D eigenvalue weighted by molar-refractivity contribution is 0.0658. The molecule has 1 N–H and O–H groups in total. The number of rotatable bonds is 4. The number of hydrogen-bond acceptors (Lipinski definition) is 5. The Balaban J connectivity index is 2.39. The normalized spacial score (nSPS) is 22.3. The van der Waals surface area contributed by atoms with Crippen LogP contribution in [0, 0.1) is 0 Å². The van der Waals surface area contributed by atoms with Gasteiger partial charge in [-0.1, -0.05) is 19.8 Å². The highest BCUT2D eigenvalue weighted by atomic mass is 32.2. The molecule has 1 fully saturated rings. The van der Waals surface area contributed by atoms with Crippen molar-refractivity contribution in [1.82, 2.24) is 4.98 Å². The van der Waals surface area contributed by atoms with Crippen molar-refractivity contribution in [3.63, 3.8) is 0 Å². The average Bonchev–Trinajstić information content (AvgIpc) is 2.73. The van der Waals surface area contributed by atoms with Crippen LogP contribution >= 0.6 is 0 Å². The zero-order chi connectivity index (χ0) is 14.0. The molecule has 7 heteroatoms. The Bertz CT molecular complexity index is 575. The summed E-state index contributed by atoms with van der Waals surface area (Å²) in [6.07, 6.45) is 3.08. The Morgan fingerprint density at radius 3 is 2.79 bits per heavy atom. The fourth-order valence-electron chi connectivity index (χ4n) is 2.31. The van der Waals surface area contributed by atoms with Crippen LogP contribution in [0.25, 0.3) is 0 Å². The number of oxazole rings is 1. The van der Waals surface area contributed by atoms with Gasteiger partial charge in [0.15, 0.2) is 9.84 Å². The molecule has 1 atom stereocenters. The van der Waals surface area contributed by atoms with E-state index in [4.69, 9.17) is 9.52 Å². The van der Waals surface area contributed by atoms with Crippen molar-refractivity contribution < 1.29 is 22.7 Å². The van der Waals surface area contributed by atoms with Gasteiger partial charge in [0.2, 0.25) is 11.7 Å². The summed E-state index contributed by atoms with van der Waals surface area (Å²) in [7, 11) is -3.27. The van der Waals surface area contributed by atoms with Crippen molar-refractivity contribution in [2.75, 3.05) is 5.75 Å². The molecule has 106 valence electrons. The van der Waals surface area contributed by atoms with Crippen LogP contribution in [0.3, 0.4) is 0 Å². The molecule has 1 aliphatic heterocycles. The van der Waals surface area contributed by atoms with Crippen LogP contribution < -0.4 is 0 Å². The summed E-state index contributed by atoms with van der Waals surface area (Å²) < 4.78 is 29.2. The van der Waals surface area contributed by atoms with Crippen molar-refractivity contribution in [1.29, 1.82) is 0 Å². The van der Waals surface area contributed by atoms with E-state index >= 15 is 0 Å². The zero-order valence-electron chi connectivity index (χ0n) is 10.8. The molecule has 0 radical (unpaired) electrons. The van der Waals surface area contributed by atoms with Gasteiger partial charge in [0.25, 0.3) is 0 Å². The minimum atomic E-state index is -3.27. The third-order valence-electron chi connectivity index (χ3n) is 3.25. The molecule has 1 aliphatic rings. The standard InChI is InChI=1S/C12H17NO5S/c1-2-5-8-10(12(14)15)18-11(13-8)9-6-3-4-7-19(9,16)17/h9H,2-7H2,1H3,(H,14,15). The van der Waals surface area contributed by atoms with Gasteiger partial charge in [-0.2, -0.15) is 0 Å². The first-order valence-electron chi connectivity index (χ1n) is 6.40. The Labute approximate surface area is 111 Å². The molecule has 1 aromatic heterocycles. The maximum atomic E-state index is 12.0. The van der Waals surface area contributed by atoms with E-state index in [0.717, 1.165) is 12.8 Å². The Hall–Kier alpha value is -1.37. The van der Waals surface area contributed by atoms with Crippen LogP contribution in [0.2, 0.25) is 0 Å². The van der Waals surface area contributed by atoms with Crippen molar-refractivity contribution in [3.8, 4) is 0 Å². The molecule has 1 saturated heterocycles. The van der Waals surface area contributed by atoms with Crippen LogP contribution in [-0.4, -0.2) is 30.2 Å². The molecule has 0 aromatic carbocycles. The molecule has 2 heterocycles. The third-order valence-corrected chi connectivity index (χ3v) is 5.41. The largest absolute Gasteiger partial charge is 0.475 e. The number of carboxylic acids is 1. The molecule has 19 heavy (non-hydrogen) atoms. The summed E-state index contributed by atoms with van der Waals surface area (Å²) in [6.45, 7) is 1.90. The van der Waals surface area contributed by atoms with E-state index < -0.39 is 21.1 Å². The van der Waals surface area contributed by atoms with Crippen LogP contribution in [0.4, 0.5) is 0 Å². The van der Waals surface area contributed by atoms with E-state index in [9.17, 15) is 13.2 Å². The summed E-state index contributed by atoms with van der Waals surface area (Å²) in [6, 6.07) is 0. The molecular formula is C12H17NO5S. The van der Waals surface area contributed by atoms with E-state index in [0.29, 0.717) is 25.0 Å². The zero-order valence-corrected chi connectivity index (χ0v) is 11.6. The predicted octanol–water partition coefficient (Wildman–Crippen LogP) is 1.97. The Morgan fingerprint density at radius 2 is 2.21 bits per heavy atom. The van der Waals surface area contributed by atoms with E-state index in [1.807, 2.05) is 6.92 Å². The maximum Gasteiger partial charge on any atom is 0.373 e. The van der Waals surface area contributed by atoms with Gasteiger partial charge >= 0.3 is 5.97 Å². The second-order valence-electron chi connectivity index (χ2n) is 4.73. The Kier molecular flexibility index (Phi) is 3.93. The summed E-state index contributed by atoms with van der Waals surface area (Å²) in [5.41, 5.74) is 0.339. The van der Waals surface area contributed by atoms with Crippen molar-refractivity contribution in [2.24, 2.45) is 0 Å². The molecule has 0 aliphatic carbocycles. The second kappa shape index (κ2) is 5.32. The number of aromatic carboxylic acids is 1. The smallest absolute Gasteiger partial charge is 0.373 e. The molecule has 0 bridgehead atoms. The quantitative estimate of drug-likeness (QED) is 0.909. The van der Waals surface area contributed by atoms with Gasteiger partial charge in [0.1, 0.15) is 5.25 Å². The van der Waals surface area contributed by atoms with E-state index in [1.165, 1.54) is 0 Å². The van der Waals surface area contributed by atoms with Crippen molar-refractivity contribution in [2.45, 2.75) is 44.3 Å². The molecule has 6 nitrogen and oxygen atoms in total. The summed E-state index contributed by atoms with van der Waals surface area (Å²) in [4.78, 5) is 15.2. The molecule has 0 amide bonds. The molecule has 1 unspecified atom stereocenters. The number of hydrogen-bond donors (Lipinski definition) is 1. The van der Waals surface area contributed by atoms with Gasteiger partial charge in [0.05, 0.1) is 11.4 Å². The lowest BCUT2D eigenvalue weighted by Crippen LogP contribution is -2.21. The van der Waals surface area contributed by atoms with Gasteiger partial charge in [-0.05, 0) is 19.3 Å². The van der Waals surface area contributed by atoms with E-state index in [2.05, 4.69) is 4.98 Å². The van der Waals surface area contributed by atoms with Crippen LogP contribution in [-0.2, 0) is 16.3 Å². The number of aromatic nitrogens is 1. The van der Waals surface area contributed by atoms with Gasteiger partial charge in [-0.3, -0.25) is 0 Å². The van der Waals surface area contributed by atoms with Crippen LogP contribution in [0.1, 0.15) is 60.0 Å². The first-order chi connectivity index (χ1) is 8.95. The topological polar surface area (TPSA) is 97.5 Å². The maximum absolute atomic E-state index is 12.0. The van der Waals surface area contributed by atoms with Gasteiger partial charge < -0.3 is 9.52 Å². The minimum Gasteiger partial charge on any atom is -0.475 e. The summed E-state index contributed by atoms with van der Waals surface area (Å²) >= 11 is 0. The predicted molar refractivity (Wildman–Crippen MR) is 67.8 cm³/mol. The highest BCUT2D eigenvalue weighted by Gasteiger charge is 2.35. The number of nitrogens with zero attached hydrogens (tertiary/aromatic N) is 1. The highest BCUT2D eigenvalue weighted by Crippen LogP contribution is 2.34. The summed E-state index contributed by atoms with van der Waals surface area (Å²) in [5, 5.41) is 8.26. The second-order valence-corrected chi connectivity index (χ2v) is 7.04. The van der Waals surface area contributed by atoms with Crippen molar-refractivity contribution >= 4 is 15.8 Å². The van der Waals surface area contributed by atoms with Crippen LogP contribution in [0.5, 0.6) is 0 Å². The lowest BCUT2D eigenvalue weighted by atomic mass is 10.2. The Morgan fingerprint density at radius 1 is 1.47 bits per heavy atom. The first kappa shape index (κ1) is 14.0. The van der Waals surface area contributed by atoms with E-state index in [-0.39, 0.29) is 17.4 Å². The monoisotopic (exact) mass is 287 g/mol. The summed E-state index contributed by atoms with van der Waals surface area (Å²) in [5.74, 6) is -1.26. The molecule has 0 spiro atoms. The number of carbonyl (C=O) groups is 1. The average molecular weight is 287 g/mol. The van der Waals surface area contributed by atoms with Gasteiger partial charge in [-0.15, -0.1) is 0 Å². The molecule has 1 aromatic rings. The SMILES string of the molecule is CCCc1nc(C2CCCCS2(=O)=O)oc1C(=O)O. The van der Waals surface area contributed by atoms with Crippen LogP contribution in [0.15, 0.2) is 4.42 Å². The first-order valence-corrected chi connectivity index (χ1v) is 8.11. The number of aryl methyl sites for hydroxylation is 1. The highest BCUT2D eigenvalue weighted by molar-refractivity contribution is 7.91. The minimum absolute atomic E-state index is 0.0422. The van der Waals surface area contributed by atoms with Crippen molar-refractivity contribution in [3.05, 3.63) is 17.3 Å². The number of sulfone groups is 1. The van der Waals surface area contributed by atoms with E-state index in [1.54, 1.807) is 0 Å². The van der Waals surface area contributed by atoms with Gasteiger partial charge in [0, 0.05) is 0 Å². The number of carboxylic acid groups (broad SMARTS) is 1. The fraction of sp³-hybridized carbons (Fsp3) is 0.667. The fourth-order valence-corrected chi connectivity index (χ4v) is 4.14. The third kappa shape index (κ3) is 2.80. The molecular weight excluding hydrogens is 270 g/mol. The molecule has 2 rings (SSSR count). The molecule has 0 saturated carbocycles.